The average molecular weight is 360 g/mol. The molecule has 2 aromatic rings. The smallest absolute Gasteiger partial charge is 0.0458 e. The largest absolute Gasteiger partial charge is 0.389 e. The number of likely N-dealkylation sites (N-methyl/N-ethyl adjacent to an activating group) is 1. The molecule has 27 heavy (non-hydrogen) atoms. The van der Waals surface area contributed by atoms with Gasteiger partial charge in [0.2, 0.25) is 0 Å². The number of nitrogens with one attached hydrogen (secondary N) is 3. The summed E-state index contributed by atoms with van der Waals surface area (Å²) in [6.07, 6.45) is 15.0. The molecule has 1 aliphatic carbocycles. The third-order valence-corrected chi connectivity index (χ3v) is 4.93. The van der Waals surface area contributed by atoms with E-state index in [1.54, 1.807) is 0 Å². The van der Waals surface area contributed by atoms with Crippen molar-refractivity contribution in [1.29, 1.82) is 0 Å². The van der Waals surface area contributed by atoms with Gasteiger partial charge in [0, 0.05) is 35.9 Å². The van der Waals surface area contributed by atoms with Gasteiger partial charge in [-0.05, 0) is 55.2 Å². The summed E-state index contributed by atoms with van der Waals surface area (Å²) >= 11 is 0. The molecule has 1 aliphatic rings. The second-order valence-corrected chi connectivity index (χ2v) is 6.86. The quantitative estimate of drug-likeness (QED) is 0.472. The third-order valence-electron chi connectivity index (χ3n) is 4.93. The van der Waals surface area contributed by atoms with Crippen molar-refractivity contribution in [1.82, 2.24) is 15.6 Å². The maximum Gasteiger partial charge on any atom is 0.0458 e. The molecule has 0 radical (unpaired) electrons. The Bertz CT molecular complexity index is 922. The summed E-state index contributed by atoms with van der Waals surface area (Å²) in [7, 11) is 1.88. The Labute approximate surface area is 162 Å². The Kier molecular flexibility index (Phi) is 6.50. The van der Waals surface area contributed by atoms with Crippen LogP contribution in [0, 0.1) is 6.92 Å². The van der Waals surface area contributed by atoms with Crippen molar-refractivity contribution in [3.63, 3.8) is 0 Å². The number of benzene rings is 1. The summed E-state index contributed by atoms with van der Waals surface area (Å²) in [6, 6.07) is 8.54. The van der Waals surface area contributed by atoms with Crippen LogP contribution in [0.5, 0.6) is 0 Å². The molecule has 0 saturated carbocycles. The molecule has 140 valence electrons. The summed E-state index contributed by atoms with van der Waals surface area (Å²) in [4.78, 5) is 3.48. The van der Waals surface area contributed by atoms with E-state index in [0.29, 0.717) is 0 Å². The van der Waals surface area contributed by atoms with Gasteiger partial charge in [0.1, 0.15) is 0 Å². The van der Waals surface area contributed by atoms with Gasteiger partial charge in [-0.15, -0.1) is 0 Å². The molecular formula is C24H29N3. The number of allylic oxidation sites excluding steroid dienone is 6. The van der Waals surface area contributed by atoms with Crippen LogP contribution in [0.3, 0.4) is 0 Å². The lowest BCUT2D eigenvalue weighted by molar-refractivity contribution is 0.733. The lowest BCUT2D eigenvalue weighted by Crippen LogP contribution is -2.19. The van der Waals surface area contributed by atoms with Gasteiger partial charge >= 0.3 is 0 Å². The van der Waals surface area contributed by atoms with Gasteiger partial charge in [-0.25, -0.2) is 0 Å². The first-order chi connectivity index (χ1) is 13.2. The lowest BCUT2D eigenvalue weighted by atomic mass is 10.1. The monoisotopic (exact) mass is 359 g/mol. The van der Waals surface area contributed by atoms with Gasteiger partial charge in [-0.3, -0.25) is 0 Å². The number of aromatic amines is 1. The highest BCUT2D eigenvalue weighted by atomic mass is 14.8. The second kappa shape index (κ2) is 9.24. The number of hydrogen-bond donors (Lipinski definition) is 3. The minimum atomic E-state index is 0.895. The minimum Gasteiger partial charge on any atom is -0.389 e. The van der Waals surface area contributed by atoms with Crippen LogP contribution in [0.4, 0.5) is 0 Å². The average Bonchev–Trinajstić information content (AvgIpc) is 2.84. The minimum absolute atomic E-state index is 0.895. The zero-order valence-corrected chi connectivity index (χ0v) is 16.3. The molecule has 3 nitrogen and oxygen atoms in total. The summed E-state index contributed by atoms with van der Waals surface area (Å²) < 4.78 is 0. The molecule has 0 bridgehead atoms. The summed E-state index contributed by atoms with van der Waals surface area (Å²) in [5, 5.41) is 7.96. The van der Waals surface area contributed by atoms with Crippen molar-refractivity contribution in [3.05, 3.63) is 95.4 Å². The van der Waals surface area contributed by atoms with Gasteiger partial charge in [0.05, 0.1) is 0 Å². The highest BCUT2D eigenvalue weighted by molar-refractivity contribution is 5.84. The Morgan fingerprint density at radius 1 is 1.22 bits per heavy atom. The van der Waals surface area contributed by atoms with E-state index in [0.717, 1.165) is 31.6 Å². The summed E-state index contributed by atoms with van der Waals surface area (Å²) in [6.45, 7) is 7.94. The third kappa shape index (κ3) is 5.11. The Hall–Kier alpha value is -2.78. The van der Waals surface area contributed by atoms with Gasteiger partial charge in [0.25, 0.3) is 0 Å². The molecule has 0 atom stereocenters. The first kappa shape index (κ1) is 19.0. The van der Waals surface area contributed by atoms with E-state index in [1.165, 1.54) is 33.3 Å². The topological polar surface area (TPSA) is 39.9 Å². The van der Waals surface area contributed by atoms with Crippen LogP contribution in [-0.4, -0.2) is 25.1 Å². The molecule has 1 aromatic carbocycles. The predicted octanol–water partition coefficient (Wildman–Crippen LogP) is 4.71. The molecule has 0 fully saturated rings. The summed E-state index contributed by atoms with van der Waals surface area (Å²) in [5.41, 5.74) is 7.38. The van der Waals surface area contributed by atoms with Crippen molar-refractivity contribution < 1.29 is 0 Å². The Morgan fingerprint density at radius 3 is 2.93 bits per heavy atom. The maximum absolute atomic E-state index is 3.92. The van der Waals surface area contributed by atoms with E-state index < -0.39 is 0 Å². The standard InChI is InChI=1S/C24H29N3/c1-18(25-3)11-12-20-7-6-8-21(14-13-20)17-26-16-15-22-19(2)27-24-10-5-4-9-23(22)24/h4-5,7-14,25-27H,1,6,15-17H2,2-3H3/b12-11+. The van der Waals surface area contributed by atoms with E-state index in [9.17, 15) is 0 Å². The van der Waals surface area contributed by atoms with Crippen molar-refractivity contribution in [2.45, 2.75) is 19.8 Å². The first-order valence-electron chi connectivity index (χ1n) is 9.56. The SMILES string of the molecule is C=C(/C=C/C1=CCC=C(CNCCc2c(C)[nH]c3ccccc23)C=C1)NC. The van der Waals surface area contributed by atoms with Gasteiger partial charge in [-0.1, -0.05) is 55.2 Å². The first-order valence-corrected chi connectivity index (χ1v) is 9.56. The molecule has 3 N–H and O–H groups in total. The lowest BCUT2D eigenvalue weighted by Gasteiger charge is -2.06. The fourth-order valence-corrected chi connectivity index (χ4v) is 3.32. The van der Waals surface area contributed by atoms with Crippen molar-refractivity contribution in [2.24, 2.45) is 0 Å². The zero-order chi connectivity index (χ0) is 19.1. The molecule has 0 unspecified atom stereocenters. The van der Waals surface area contributed by atoms with Gasteiger partial charge < -0.3 is 15.6 Å². The second-order valence-electron chi connectivity index (χ2n) is 6.86. The van der Waals surface area contributed by atoms with Gasteiger partial charge in [-0.2, -0.15) is 0 Å². The van der Waals surface area contributed by atoms with E-state index >= 15 is 0 Å². The normalized spacial score (nSPS) is 14.3. The van der Waals surface area contributed by atoms with Crippen LogP contribution in [0.25, 0.3) is 10.9 Å². The van der Waals surface area contributed by atoms with E-state index in [2.05, 4.69) is 83.8 Å². The molecule has 0 saturated heterocycles. The zero-order valence-electron chi connectivity index (χ0n) is 16.3. The Balaban J connectivity index is 1.50. The molecule has 3 heteroatoms. The number of hydrogen-bond acceptors (Lipinski definition) is 2. The molecule has 0 spiro atoms. The van der Waals surface area contributed by atoms with Crippen LogP contribution < -0.4 is 10.6 Å². The number of aromatic nitrogens is 1. The van der Waals surface area contributed by atoms with E-state index in [1.807, 2.05) is 13.1 Å². The van der Waals surface area contributed by atoms with Crippen LogP contribution >= 0.6 is 0 Å². The number of H-pyrrole nitrogens is 1. The van der Waals surface area contributed by atoms with Crippen LogP contribution in [0.1, 0.15) is 17.7 Å². The predicted molar refractivity (Wildman–Crippen MR) is 117 cm³/mol. The molecule has 3 rings (SSSR count). The highest BCUT2D eigenvalue weighted by Crippen LogP contribution is 2.22. The van der Waals surface area contributed by atoms with Crippen LogP contribution in [0.2, 0.25) is 0 Å². The maximum atomic E-state index is 3.92. The molecule has 1 heterocycles. The molecule has 1 aromatic heterocycles. The van der Waals surface area contributed by atoms with E-state index in [-0.39, 0.29) is 0 Å². The van der Waals surface area contributed by atoms with Crippen molar-refractivity contribution >= 4 is 10.9 Å². The number of para-hydroxylation sites is 1. The number of fused-ring (bicyclic) bond motifs is 1. The van der Waals surface area contributed by atoms with Crippen LogP contribution in [0.15, 0.2) is 84.1 Å². The molecule has 0 aliphatic heterocycles. The molecular weight excluding hydrogens is 330 g/mol. The molecule has 0 amide bonds. The number of rotatable bonds is 8. The van der Waals surface area contributed by atoms with E-state index in [4.69, 9.17) is 0 Å². The van der Waals surface area contributed by atoms with Crippen molar-refractivity contribution in [2.75, 3.05) is 20.1 Å². The number of aryl methyl sites for hydroxylation is 1. The van der Waals surface area contributed by atoms with Gasteiger partial charge in [0.15, 0.2) is 0 Å². The van der Waals surface area contributed by atoms with Crippen molar-refractivity contribution in [3.8, 4) is 0 Å². The van der Waals surface area contributed by atoms with Crippen LogP contribution in [-0.2, 0) is 6.42 Å². The Morgan fingerprint density at radius 2 is 2.07 bits per heavy atom. The fraction of sp³-hybridized carbons (Fsp3) is 0.250. The highest BCUT2D eigenvalue weighted by Gasteiger charge is 2.07. The summed E-state index contributed by atoms with van der Waals surface area (Å²) in [5.74, 6) is 0. The fourth-order valence-electron chi connectivity index (χ4n) is 3.32.